The molecule has 0 saturated carbocycles. The van der Waals surface area contributed by atoms with Crippen molar-refractivity contribution in [2.24, 2.45) is 5.92 Å². The second kappa shape index (κ2) is 6.39. The molecule has 1 aromatic heterocycles. The maximum absolute atomic E-state index is 12.3. The molecule has 0 aromatic carbocycles. The van der Waals surface area contributed by atoms with E-state index >= 15 is 0 Å². The largest absolute Gasteiger partial charge is 0.481 e. The Balaban J connectivity index is 2.46. The number of aliphatic carboxylic acids is 1. The second-order valence-electron chi connectivity index (χ2n) is 5.34. The third-order valence-electron chi connectivity index (χ3n) is 3.90. The van der Waals surface area contributed by atoms with Gasteiger partial charge in [-0.25, -0.2) is 0 Å². The molecule has 0 radical (unpaired) electrons. The van der Waals surface area contributed by atoms with E-state index in [0.717, 1.165) is 16.9 Å². The lowest BCUT2D eigenvalue weighted by Gasteiger charge is -2.33. The van der Waals surface area contributed by atoms with Gasteiger partial charge in [0, 0.05) is 17.8 Å². The third-order valence-corrected chi connectivity index (χ3v) is 4.98. The van der Waals surface area contributed by atoms with Gasteiger partial charge >= 0.3 is 5.97 Å². The fraction of sp³-hybridized carbons (Fsp3) is 0.600. The monoisotopic (exact) mass is 295 g/mol. The van der Waals surface area contributed by atoms with Gasteiger partial charge in [0.05, 0.1) is 12.0 Å². The minimum absolute atomic E-state index is 0.0911. The zero-order chi connectivity index (χ0) is 14.7. The van der Waals surface area contributed by atoms with Crippen molar-refractivity contribution in [3.05, 3.63) is 21.9 Å². The molecule has 110 valence electrons. The van der Waals surface area contributed by atoms with E-state index in [0.29, 0.717) is 25.8 Å². The lowest BCUT2D eigenvalue weighted by atomic mass is 9.92. The van der Waals surface area contributed by atoms with Crippen LogP contribution < -0.4 is 0 Å². The van der Waals surface area contributed by atoms with Gasteiger partial charge in [-0.1, -0.05) is 6.92 Å². The number of hydrogen-bond donors (Lipinski definition) is 1. The molecule has 1 amide bonds. The number of carbonyl (C=O) groups excluding carboxylic acids is 1. The van der Waals surface area contributed by atoms with Crippen LogP contribution >= 0.6 is 11.3 Å². The van der Waals surface area contributed by atoms with E-state index in [1.807, 2.05) is 25.3 Å². The Hall–Kier alpha value is -1.36. The molecule has 5 heteroatoms. The topological polar surface area (TPSA) is 57.6 Å². The van der Waals surface area contributed by atoms with Crippen LogP contribution in [0.1, 0.15) is 49.1 Å². The molecule has 0 aliphatic carbocycles. The van der Waals surface area contributed by atoms with E-state index in [1.165, 1.54) is 0 Å². The lowest BCUT2D eigenvalue weighted by molar-refractivity contribution is -0.146. The Morgan fingerprint density at radius 3 is 2.85 bits per heavy atom. The summed E-state index contributed by atoms with van der Waals surface area (Å²) in [5, 5.41) is 11.5. The molecule has 2 heterocycles. The number of thiophene rings is 1. The van der Waals surface area contributed by atoms with Gasteiger partial charge in [0.1, 0.15) is 0 Å². The highest BCUT2D eigenvalue weighted by Crippen LogP contribution is 2.39. The van der Waals surface area contributed by atoms with Crippen molar-refractivity contribution in [3.63, 3.8) is 0 Å². The smallest absolute Gasteiger partial charge is 0.308 e. The molecule has 20 heavy (non-hydrogen) atoms. The van der Waals surface area contributed by atoms with Gasteiger partial charge in [-0.3, -0.25) is 9.59 Å². The van der Waals surface area contributed by atoms with Crippen molar-refractivity contribution in [1.29, 1.82) is 0 Å². The van der Waals surface area contributed by atoms with E-state index in [-0.39, 0.29) is 11.9 Å². The second-order valence-corrected chi connectivity index (χ2v) is 6.28. The highest BCUT2D eigenvalue weighted by molar-refractivity contribution is 7.10. The van der Waals surface area contributed by atoms with Crippen LogP contribution in [-0.2, 0) is 9.59 Å². The number of likely N-dealkylation sites (tertiary alicyclic amines) is 1. The quantitative estimate of drug-likeness (QED) is 0.928. The van der Waals surface area contributed by atoms with Gasteiger partial charge in [0.2, 0.25) is 5.91 Å². The first-order chi connectivity index (χ1) is 9.56. The van der Waals surface area contributed by atoms with Gasteiger partial charge in [-0.05, 0) is 43.2 Å². The summed E-state index contributed by atoms with van der Waals surface area (Å²) < 4.78 is 0. The Kier molecular flexibility index (Phi) is 4.81. The van der Waals surface area contributed by atoms with Gasteiger partial charge < -0.3 is 10.0 Å². The van der Waals surface area contributed by atoms with E-state index in [2.05, 4.69) is 0 Å². The van der Waals surface area contributed by atoms with Crippen molar-refractivity contribution < 1.29 is 14.7 Å². The number of carboxylic acid groups (broad SMARTS) is 1. The fourth-order valence-corrected chi connectivity index (χ4v) is 4.03. The molecule has 1 fully saturated rings. The molecular weight excluding hydrogens is 274 g/mol. The summed E-state index contributed by atoms with van der Waals surface area (Å²) in [4.78, 5) is 26.8. The van der Waals surface area contributed by atoms with Crippen molar-refractivity contribution in [2.75, 3.05) is 6.54 Å². The Bertz CT molecular complexity index is 497. The molecule has 1 aliphatic rings. The number of rotatable bonds is 4. The Morgan fingerprint density at radius 2 is 2.30 bits per heavy atom. The van der Waals surface area contributed by atoms with Crippen LogP contribution in [0.3, 0.4) is 0 Å². The van der Waals surface area contributed by atoms with Gasteiger partial charge in [0.25, 0.3) is 0 Å². The standard InChI is InChI=1S/C15H21NO3S/c1-3-8-16-12(17)6-4-5-11(15(18)19)13(16)14-10(2)7-9-20-14/h7,9,11,13H,3-6,8H2,1-2H3,(H,18,19). The summed E-state index contributed by atoms with van der Waals surface area (Å²) in [5.74, 6) is -1.20. The molecule has 2 unspecified atom stereocenters. The van der Waals surface area contributed by atoms with Crippen LogP contribution in [0, 0.1) is 12.8 Å². The molecule has 4 nitrogen and oxygen atoms in total. The molecule has 0 bridgehead atoms. The predicted molar refractivity (Wildman–Crippen MR) is 78.8 cm³/mol. The third kappa shape index (κ3) is 2.87. The molecule has 1 aromatic rings. The van der Waals surface area contributed by atoms with Crippen molar-refractivity contribution >= 4 is 23.2 Å². The normalized spacial score (nSPS) is 23.7. The number of amides is 1. The number of nitrogens with zero attached hydrogens (tertiary/aromatic N) is 1. The summed E-state index contributed by atoms with van der Waals surface area (Å²) in [6.07, 6.45) is 2.55. The average molecular weight is 295 g/mol. The van der Waals surface area contributed by atoms with Crippen molar-refractivity contribution in [2.45, 2.75) is 45.6 Å². The highest BCUT2D eigenvalue weighted by atomic mass is 32.1. The average Bonchev–Trinajstić information content (AvgIpc) is 2.74. The van der Waals surface area contributed by atoms with Crippen LogP contribution in [-0.4, -0.2) is 28.4 Å². The van der Waals surface area contributed by atoms with Gasteiger partial charge in [-0.15, -0.1) is 11.3 Å². The zero-order valence-electron chi connectivity index (χ0n) is 12.0. The lowest BCUT2D eigenvalue weighted by Crippen LogP contribution is -2.39. The minimum atomic E-state index is -0.793. The minimum Gasteiger partial charge on any atom is -0.481 e. The van der Waals surface area contributed by atoms with E-state index in [9.17, 15) is 14.7 Å². The maximum atomic E-state index is 12.3. The van der Waals surface area contributed by atoms with Gasteiger partial charge in [-0.2, -0.15) is 0 Å². The maximum Gasteiger partial charge on any atom is 0.308 e. The molecule has 1 saturated heterocycles. The summed E-state index contributed by atoms with van der Waals surface area (Å²) in [6.45, 7) is 4.64. The molecule has 0 spiro atoms. The van der Waals surface area contributed by atoms with Crippen LogP contribution in [0.5, 0.6) is 0 Å². The summed E-state index contributed by atoms with van der Waals surface area (Å²) in [7, 11) is 0. The number of aryl methyl sites for hydroxylation is 1. The first kappa shape index (κ1) is 15.0. The Labute approximate surface area is 123 Å². The van der Waals surface area contributed by atoms with Crippen LogP contribution in [0.25, 0.3) is 0 Å². The van der Waals surface area contributed by atoms with Crippen LogP contribution in [0.15, 0.2) is 11.4 Å². The van der Waals surface area contributed by atoms with Crippen molar-refractivity contribution in [1.82, 2.24) is 4.90 Å². The van der Waals surface area contributed by atoms with E-state index < -0.39 is 11.9 Å². The number of carboxylic acids is 1. The summed E-state index contributed by atoms with van der Waals surface area (Å²) in [6, 6.07) is 1.70. The first-order valence-electron chi connectivity index (χ1n) is 7.12. The zero-order valence-corrected chi connectivity index (χ0v) is 12.8. The van der Waals surface area contributed by atoms with Crippen LogP contribution in [0.4, 0.5) is 0 Å². The number of carbonyl (C=O) groups is 2. The molecule has 1 N–H and O–H groups in total. The Morgan fingerprint density at radius 1 is 1.55 bits per heavy atom. The molecule has 1 aliphatic heterocycles. The molecule has 2 atom stereocenters. The summed E-state index contributed by atoms with van der Waals surface area (Å²) in [5.41, 5.74) is 1.09. The SMILES string of the molecule is CCCN1C(=O)CCCC(C(=O)O)C1c1sccc1C. The predicted octanol–water partition coefficient (Wildman–Crippen LogP) is 3.22. The number of hydrogen-bond acceptors (Lipinski definition) is 3. The first-order valence-corrected chi connectivity index (χ1v) is 8.00. The van der Waals surface area contributed by atoms with E-state index in [4.69, 9.17) is 0 Å². The highest BCUT2D eigenvalue weighted by Gasteiger charge is 2.39. The van der Waals surface area contributed by atoms with E-state index in [1.54, 1.807) is 16.2 Å². The molecular formula is C15H21NO3S. The van der Waals surface area contributed by atoms with Crippen molar-refractivity contribution in [3.8, 4) is 0 Å². The fourth-order valence-electron chi connectivity index (χ4n) is 2.92. The summed E-state index contributed by atoms with van der Waals surface area (Å²) >= 11 is 1.56. The molecule has 2 rings (SSSR count). The van der Waals surface area contributed by atoms with Crippen LogP contribution in [0.2, 0.25) is 0 Å². The van der Waals surface area contributed by atoms with Gasteiger partial charge in [0.15, 0.2) is 0 Å².